The van der Waals surface area contributed by atoms with Crippen LogP contribution in [0.15, 0.2) is 0 Å². The van der Waals surface area contributed by atoms with E-state index in [1.54, 1.807) is 0 Å². The third-order valence-corrected chi connectivity index (χ3v) is 1.52. The van der Waals surface area contributed by atoms with Gasteiger partial charge in [0.05, 0.1) is 5.66 Å². The fourth-order valence-corrected chi connectivity index (χ4v) is 0.351. The van der Waals surface area contributed by atoms with E-state index in [4.69, 9.17) is 5.73 Å². The van der Waals surface area contributed by atoms with Crippen molar-refractivity contribution in [2.24, 2.45) is 5.73 Å². The average Bonchev–Trinajstić information content (AvgIpc) is 1.65. The summed E-state index contributed by atoms with van der Waals surface area (Å²) in [5, 5.41) is 0. The van der Waals surface area contributed by atoms with Crippen molar-refractivity contribution in [2.75, 3.05) is 14.1 Å². The zero-order valence-electron chi connectivity index (χ0n) is 6.22. The molecule has 1 unspecified atom stereocenters. The molecule has 2 N–H and O–H groups in total. The maximum atomic E-state index is 10.0. The highest BCUT2D eigenvalue weighted by atomic mass is 16.1. The third kappa shape index (κ3) is 2.58. The van der Waals surface area contributed by atoms with Gasteiger partial charge in [0.1, 0.15) is 6.29 Å². The smallest absolute Gasteiger partial charge is 0.123 e. The van der Waals surface area contributed by atoms with Crippen LogP contribution >= 0.6 is 0 Å². The molecule has 54 valence electrons. The van der Waals surface area contributed by atoms with Crippen molar-refractivity contribution in [1.29, 1.82) is 0 Å². The van der Waals surface area contributed by atoms with Gasteiger partial charge in [-0.15, -0.1) is 0 Å². The van der Waals surface area contributed by atoms with Crippen LogP contribution in [0.5, 0.6) is 0 Å². The standard InChI is InChI=1S/C6H14N2O/c1-6(7,4-5-9)8(2)3/h5H,4,7H2,1-3H3. The number of nitrogens with two attached hydrogens (primary N) is 1. The Morgan fingerprint density at radius 1 is 1.67 bits per heavy atom. The van der Waals surface area contributed by atoms with Crippen molar-refractivity contribution >= 4 is 6.29 Å². The summed E-state index contributed by atoms with van der Waals surface area (Å²) in [6, 6.07) is 0. The van der Waals surface area contributed by atoms with Gasteiger partial charge in [-0.25, -0.2) is 0 Å². The summed E-state index contributed by atoms with van der Waals surface area (Å²) in [5.74, 6) is 0. The van der Waals surface area contributed by atoms with Gasteiger partial charge in [-0.2, -0.15) is 0 Å². The molecule has 0 radical (unpaired) electrons. The van der Waals surface area contributed by atoms with E-state index in [9.17, 15) is 4.79 Å². The highest BCUT2D eigenvalue weighted by Crippen LogP contribution is 2.04. The van der Waals surface area contributed by atoms with E-state index in [2.05, 4.69) is 0 Å². The van der Waals surface area contributed by atoms with E-state index in [1.165, 1.54) is 0 Å². The Balaban J connectivity index is 3.84. The summed E-state index contributed by atoms with van der Waals surface area (Å²) in [5.41, 5.74) is 5.18. The van der Waals surface area contributed by atoms with Crippen LogP contribution in [0.2, 0.25) is 0 Å². The van der Waals surface area contributed by atoms with E-state index in [0.29, 0.717) is 6.42 Å². The number of carbonyl (C=O) groups excluding carboxylic acids is 1. The number of hydrogen-bond donors (Lipinski definition) is 1. The second-order valence-electron chi connectivity index (χ2n) is 2.62. The molecule has 0 aliphatic heterocycles. The molecule has 0 aromatic heterocycles. The lowest BCUT2D eigenvalue weighted by molar-refractivity contribution is -0.109. The predicted molar refractivity (Wildman–Crippen MR) is 37.0 cm³/mol. The van der Waals surface area contributed by atoms with Gasteiger partial charge in [-0.05, 0) is 21.0 Å². The Morgan fingerprint density at radius 2 is 2.11 bits per heavy atom. The summed E-state index contributed by atoms with van der Waals surface area (Å²) < 4.78 is 0. The molecular formula is C6H14N2O. The molecule has 0 aromatic rings. The van der Waals surface area contributed by atoms with E-state index in [-0.39, 0.29) is 0 Å². The first-order valence-corrected chi connectivity index (χ1v) is 2.90. The van der Waals surface area contributed by atoms with Crippen LogP contribution in [0.25, 0.3) is 0 Å². The SMILES string of the molecule is CN(C)C(C)(N)CC=O. The van der Waals surface area contributed by atoms with Crippen molar-refractivity contribution < 1.29 is 4.79 Å². The Morgan fingerprint density at radius 3 is 2.22 bits per heavy atom. The molecule has 1 atom stereocenters. The summed E-state index contributed by atoms with van der Waals surface area (Å²) in [6.07, 6.45) is 1.21. The topological polar surface area (TPSA) is 46.3 Å². The quantitative estimate of drug-likeness (QED) is 0.425. The van der Waals surface area contributed by atoms with Crippen molar-refractivity contribution in [3.05, 3.63) is 0 Å². The van der Waals surface area contributed by atoms with E-state index in [0.717, 1.165) is 6.29 Å². The third-order valence-electron chi connectivity index (χ3n) is 1.52. The normalized spacial score (nSPS) is 17.4. The molecule has 0 bridgehead atoms. The van der Waals surface area contributed by atoms with Crippen molar-refractivity contribution in [1.82, 2.24) is 4.90 Å². The van der Waals surface area contributed by atoms with Crippen LogP contribution < -0.4 is 5.73 Å². The molecule has 0 aliphatic carbocycles. The zero-order chi connectivity index (χ0) is 7.49. The van der Waals surface area contributed by atoms with Gasteiger partial charge in [-0.3, -0.25) is 4.90 Å². The molecule has 3 heteroatoms. The maximum absolute atomic E-state index is 10.0. The van der Waals surface area contributed by atoms with Gasteiger partial charge in [0.15, 0.2) is 0 Å². The molecule has 0 aliphatic rings. The van der Waals surface area contributed by atoms with Crippen molar-refractivity contribution in [3.8, 4) is 0 Å². The van der Waals surface area contributed by atoms with Crippen LogP contribution in [-0.2, 0) is 4.79 Å². The lowest BCUT2D eigenvalue weighted by Gasteiger charge is -2.29. The molecule has 0 amide bonds. The minimum atomic E-state index is -0.484. The summed E-state index contributed by atoms with van der Waals surface area (Å²) in [6.45, 7) is 1.82. The molecule has 0 fully saturated rings. The fraction of sp³-hybridized carbons (Fsp3) is 0.833. The lowest BCUT2D eigenvalue weighted by atomic mass is 10.1. The first-order valence-electron chi connectivity index (χ1n) is 2.90. The van der Waals surface area contributed by atoms with Gasteiger partial charge in [0.2, 0.25) is 0 Å². The fourth-order valence-electron chi connectivity index (χ4n) is 0.351. The van der Waals surface area contributed by atoms with E-state index in [1.807, 2.05) is 25.9 Å². The summed E-state index contributed by atoms with van der Waals surface area (Å²) >= 11 is 0. The predicted octanol–water partition coefficient (Wildman–Crippen LogP) is -0.188. The van der Waals surface area contributed by atoms with Crippen LogP contribution in [0, 0.1) is 0 Å². The van der Waals surface area contributed by atoms with Gasteiger partial charge in [0.25, 0.3) is 0 Å². The minimum Gasteiger partial charge on any atom is -0.313 e. The first kappa shape index (κ1) is 8.59. The Bertz CT molecular complexity index is 99.2. The Labute approximate surface area is 55.8 Å². The van der Waals surface area contributed by atoms with Gasteiger partial charge < -0.3 is 10.5 Å². The second-order valence-corrected chi connectivity index (χ2v) is 2.62. The van der Waals surface area contributed by atoms with Gasteiger partial charge in [0, 0.05) is 6.42 Å². The minimum absolute atomic E-state index is 0.375. The molecule has 0 spiro atoms. The van der Waals surface area contributed by atoms with Crippen LogP contribution in [0.1, 0.15) is 13.3 Å². The Kier molecular flexibility index (Phi) is 2.81. The van der Waals surface area contributed by atoms with Gasteiger partial charge >= 0.3 is 0 Å². The van der Waals surface area contributed by atoms with Crippen molar-refractivity contribution in [3.63, 3.8) is 0 Å². The first-order chi connectivity index (χ1) is 4.00. The maximum Gasteiger partial charge on any atom is 0.123 e. The number of hydrogen-bond acceptors (Lipinski definition) is 3. The number of aldehydes is 1. The zero-order valence-corrected chi connectivity index (χ0v) is 6.22. The Hall–Kier alpha value is -0.410. The highest BCUT2D eigenvalue weighted by molar-refractivity contribution is 5.51. The molecule has 0 rings (SSSR count). The van der Waals surface area contributed by atoms with Crippen LogP contribution in [0.3, 0.4) is 0 Å². The summed E-state index contributed by atoms with van der Waals surface area (Å²) in [7, 11) is 3.70. The second kappa shape index (κ2) is 2.94. The average molecular weight is 130 g/mol. The lowest BCUT2D eigenvalue weighted by Crippen LogP contribution is -2.49. The molecular weight excluding hydrogens is 116 g/mol. The van der Waals surface area contributed by atoms with Crippen LogP contribution in [-0.4, -0.2) is 30.9 Å². The van der Waals surface area contributed by atoms with Crippen LogP contribution in [0.4, 0.5) is 0 Å². The molecule has 3 nitrogen and oxygen atoms in total. The number of rotatable bonds is 3. The van der Waals surface area contributed by atoms with E-state index >= 15 is 0 Å². The largest absolute Gasteiger partial charge is 0.313 e. The monoisotopic (exact) mass is 130 g/mol. The van der Waals surface area contributed by atoms with E-state index < -0.39 is 5.66 Å². The molecule has 9 heavy (non-hydrogen) atoms. The number of nitrogens with zero attached hydrogens (tertiary/aromatic N) is 1. The molecule has 0 saturated carbocycles. The molecule has 0 saturated heterocycles. The van der Waals surface area contributed by atoms with Gasteiger partial charge in [-0.1, -0.05) is 0 Å². The number of carbonyl (C=O) groups is 1. The van der Waals surface area contributed by atoms with Crippen molar-refractivity contribution in [2.45, 2.75) is 19.0 Å². The molecule has 0 aromatic carbocycles. The molecule has 0 heterocycles. The highest BCUT2D eigenvalue weighted by Gasteiger charge is 2.19. The summed E-state index contributed by atoms with van der Waals surface area (Å²) in [4.78, 5) is 11.8.